The number of halogens is 7. The average Bonchev–Trinajstić information content (AvgIpc) is 2.03. The van der Waals surface area contributed by atoms with Crippen molar-refractivity contribution in [3.05, 3.63) is 0 Å². The molecule has 0 aromatic carbocycles. The summed E-state index contributed by atoms with van der Waals surface area (Å²) in [7, 11) is 0.0578. The molecule has 0 amide bonds. The molecule has 0 heterocycles. The second-order valence-electron chi connectivity index (χ2n) is 1.89. The molecule has 0 unspecified atom stereocenters. The molecule has 0 N–H and O–H groups in total. The fraction of sp³-hybridized carbons (Fsp3) is 1.00. The highest BCUT2D eigenvalue weighted by atomic mass is 19.4. The third-order valence-corrected chi connectivity index (χ3v) is 1.08. The molecule has 0 aliphatic carbocycles. The Morgan fingerprint density at radius 2 is 1.23 bits per heavy atom. The largest absolute Gasteiger partial charge is 0.458 e. The molecule has 0 saturated heterocycles. The summed E-state index contributed by atoms with van der Waals surface area (Å²) >= 11 is 0. The summed E-state index contributed by atoms with van der Waals surface area (Å²) in [5.41, 5.74) is 0. The van der Waals surface area contributed by atoms with Gasteiger partial charge in [-0.05, 0) is 4.53 Å². The lowest BCUT2D eigenvalue weighted by Gasteiger charge is -2.27. The first-order valence-corrected chi connectivity index (χ1v) is 2.60. The van der Waals surface area contributed by atoms with Crippen LogP contribution in [0.15, 0.2) is 0 Å². The van der Waals surface area contributed by atoms with Crippen LogP contribution in [-0.4, -0.2) is 25.2 Å². The second kappa shape index (κ2) is 3.29. The van der Waals surface area contributed by atoms with Crippen molar-refractivity contribution < 1.29 is 40.5 Å². The lowest BCUT2D eigenvalue weighted by atomic mass is 10.3. The smallest absolute Gasteiger partial charge is 0.319 e. The summed E-state index contributed by atoms with van der Waals surface area (Å²) in [6, 6.07) is 0. The van der Waals surface area contributed by atoms with E-state index in [2.05, 4.69) is 4.74 Å². The predicted octanol–water partition coefficient (Wildman–Crippen LogP) is 2.35. The minimum atomic E-state index is -6.09. The van der Waals surface area contributed by atoms with Gasteiger partial charge in [0.2, 0.25) is 0 Å². The van der Waals surface area contributed by atoms with Gasteiger partial charge in [0.25, 0.3) is 0 Å². The molecule has 80 valence electrons. The fourth-order valence-corrected chi connectivity index (χ4v) is 0.346. The van der Waals surface area contributed by atoms with Crippen molar-refractivity contribution in [1.82, 2.24) is 0 Å². The van der Waals surface area contributed by atoms with Gasteiger partial charge >= 0.3 is 18.1 Å². The Kier molecular flexibility index (Phi) is 3.15. The fourth-order valence-electron chi connectivity index (χ4n) is 0.346. The van der Waals surface area contributed by atoms with Crippen LogP contribution in [0.3, 0.4) is 0 Å². The lowest BCUT2D eigenvalue weighted by molar-refractivity contribution is -0.485. The molecule has 0 aliphatic heterocycles. The Bertz CT molecular complexity index is 161. The van der Waals surface area contributed by atoms with E-state index in [4.69, 9.17) is 0 Å². The zero-order valence-electron chi connectivity index (χ0n) is 5.96. The molecule has 0 radical (unpaired) electrons. The van der Waals surface area contributed by atoms with Crippen molar-refractivity contribution in [3.8, 4) is 0 Å². The van der Waals surface area contributed by atoms with E-state index in [1.807, 2.05) is 0 Å². The topological polar surface area (TPSA) is 18.5 Å². The van der Waals surface area contributed by atoms with Gasteiger partial charge in [0.05, 0.1) is 0 Å². The number of hydrogen-bond donors (Lipinski definition) is 0. The Morgan fingerprint density at radius 1 is 0.846 bits per heavy atom. The van der Waals surface area contributed by atoms with Crippen molar-refractivity contribution in [1.29, 1.82) is 0 Å². The predicted molar refractivity (Wildman–Crippen MR) is 24.0 cm³/mol. The summed E-state index contributed by atoms with van der Waals surface area (Å²) in [4.78, 5) is 1.45. The Balaban J connectivity index is 4.95. The van der Waals surface area contributed by atoms with Crippen LogP contribution in [0, 0.1) is 0 Å². The molecular weight excluding hydrogens is 213 g/mol. The summed E-state index contributed by atoms with van der Waals surface area (Å²) in [6.45, 7) is 0. The molecule has 9 heteroatoms. The summed E-state index contributed by atoms with van der Waals surface area (Å²) in [5.74, 6) is -6.09. The van der Waals surface area contributed by atoms with Gasteiger partial charge in [-0.25, -0.2) is 0 Å². The number of rotatable bonds is 4. The maximum absolute atomic E-state index is 12.0. The van der Waals surface area contributed by atoms with E-state index in [1.165, 1.54) is 4.94 Å². The monoisotopic (exact) mass is 216 g/mol. The highest BCUT2D eigenvalue weighted by Crippen LogP contribution is 2.46. The Hall–Kier alpha value is -0.570. The SMILES string of the molecule is COC(F)(F)C(F)(F)C(F)(F)OF. The van der Waals surface area contributed by atoms with E-state index >= 15 is 0 Å². The molecule has 0 bridgehead atoms. The first-order chi connectivity index (χ1) is 5.62. The number of ether oxygens (including phenoxy) is 1. The van der Waals surface area contributed by atoms with Crippen LogP contribution in [0.1, 0.15) is 0 Å². The normalized spacial score (nSPS) is 14.8. The summed E-state index contributed by atoms with van der Waals surface area (Å²) in [6.07, 6.45) is -11.5. The molecule has 13 heavy (non-hydrogen) atoms. The molecule has 0 aliphatic rings. The number of methoxy groups -OCH3 is 1. The van der Waals surface area contributed by atoms with Gasteiger partial charge in [0, 0.05) is 7.11 Å². The number of hydrogen-bond acceptors (Lipinski definition) is 2. The quantitative estimate of drug-likeness (QED) is 0.671. The zero-order valence-corrected chi connectivity index (χ0v) is 5.96. The van der Waals surface area contributed by atoms with Gasteiger partial charge < -0.3 is 4.74 Å². The molecule has 2 nitrogen and oxygen atoms in total. The van der Waals surface area contributed by atoms with Crippen molar-refractivity contribution in [2.24, 2.45) is 0 Å². The minimum absolute atomic E-state index is 0.0578. The molecule has 0 atom stereocenters. The highest BCUT2D eigenvalue weighted by molar-refractivity contribution is 4.84. The van der Waals surface area contributed by atoms with Gasteiger partial charge in [0.15, 0.2) is 0 Å². The highest BCUT2D eigenvalue weighted by Gasteiger charge is 2.75. The summed E-state index contributed by atoms with van der Waals surface area (Å²) < 4.78 is 84.8. The first kappa shape index (κ1) is 12.4. The van der Waals surface area contributed by atoms with Gasteiger partial charge in [-0.2, -0.15) is 26.3 Å². The van der Waals surface area contributed by atoms with E-state index in [0.29, 0.717) is 0 Å². The van der Waals surface area contributed by atoms with Gasteiger partial charge in [-0.15, -0.1) is 4.94 Å². The maximum atomic E-state index is 12.0. The van der Waals surface area contributed by atoms with Crippen LogP contribution >= 0.6 is 0 Å². The van der Waals surface area contributed by atoms with E-state index < -0.39 is 18.1 Å². The lowest BCUT2D eigenvalue weighted by Crippen LogP contribution is -2.55. The molecule has 0 fully saturated rings. The van der Waals surface area contributed by atoms with E-state index in [9.17, 15) is 30.9 Å². The van der Waals surface area contributed by atoms with E-state index in [1.54, 1.807) is 0 Å². The summed E-state index contributed by atoms with van der Waals surface area (Å²) in [5, 5.41) is 0. The second-order valence-corrected chi connectivity index (χ2v) is 1.89. The van der Waals surface area contributed by atoms with Crippen molar-refractivity contribution >= 4 is 0 Å². The van der Waals surface area contributed by atoms with Crippen LogP contribution < -0.4 is 0 Å². The van der Waals surface area contributed by atoms with Gasteiger partial charge in [-0.1, -0.05) is 0 Å². The standard InChI is InChI=1S/C4H3F7O2/c1-12-3(7,8)2(5,6)4(9,10)13-11/h1H3. The number of alkyl halides is 6. The van der Waals surface area contributed by atoms with Crippen molar-refractivity contribution in [2.45, 2.75) is 18.1 Å². The third-order valence-electron chi connectivity index (χ3n) is 1.08. The Morgan fingerprint density at radius 3 is 1.46 bits per heavy atom. The van der Waals surface area contributed by atoms with Crippen LogP contribution in [0.4, 0.5) is 30.9 Å². The molecular formula is C4H3F7O2. The zero-order chi connectivity index (χ0) is 10.9. The van der Waals surface area contributed by atoms with Crippen LogP contribution in [0.5, 0.6) is 0 Å². The van der Waals surface area contributed by atoms with Crippen LogP contribution in [0.2, 0.25) is 0 Å². The van der Waals surface area contributed by atoms with Gasteiger partial charge in [-0.3, -0.25) is 0 Å². The third kappa shape index (κ3) is 1.85. The van der Waals surface area contributed by atoms with Crippen LogP contribution in [-0.2, 0) is 9.68 Å². The van der Waals surface area contributed by atoms with E-state index in [-0.39, 0.29) is 7.11 Å². The molecule has 0 aromatic rings. The van der Waals surface area contributed by atoms with Gasteiger partial charge in [0.1, 0.15) is 0 Å². The molecule has 0 rings (SSSR count). The average molecular weight is 216 g/mol. The molecule has 0 saturated carbocycles. The molecule has 0 spiro atoms. The Labute approximate surface area is 67.1 Å². The molecule has 0 aromatic heterocycles. The first-order valence-electron chi connectivity index (χ1n) is 2.60. The van der Waals surface area contributed by atoms with Crippen molar-refractivity contribution in [2.75, 3.05) is 7.11 Å². The van der Waals surface area contributed by atoms with Crippen molar-refractivity contribution in [3.63, 3.8) is 0 Å². The minimum Gasteiger partial charge on any atom is -0.319 e. The maximum Gasteiger partial charge on any atom is 0.458 e. The van der Waals surface area contributed by atoms with E-state index in [0.717, 1.165) is 0 Å². The van der Waals surface area contributed by atoms with Crippen LogP contribution in [0.25, 0.3) is 0 Å².